The molecule has 4 nitrogen and oxygen atoms in total. The second-order valence-corrected chi connectivity index (χ2v) is 6.12. The van der Waals surface area contributed by atoms with Gasteiger partial charge in [-0.1, -0.05) is 18.2 Å². The lowest BCUT2D eigenvalue weighted by Gasteiger charge is -2.37. The van der Waals surface area contributed by atoms with Crippen molar-refractivity contribution in [3.05, 3.63) is 46.2 Å². The van der Waals surface area contributed by atoms with Crippen molar-refractivity contribution in [2.75, 3.05) is 13.2 Å². The van der Waals surface area contributed by atoms with Gasteiger partial charge in [-0.15, -0.1) is 0 Å². The molecule has 0 spiro atoms. The Morgan fingerprint density at radius 2 is 2.14 bits per heavy atom. The minimum absolute atomic E-state index is 0.00739. The average Bonchev–Trinajstić information content (AvgIpc) is 2.50. The second-order valence-electron chi connectivity index (χ2n) is 6.12. The lowest BCUT2D eigenvalue weighted by molar-refractivity contribution is 0.0769. The van der Waals surface area contributed by atoms with Crippen LogP contribution in [0.2, 0.25) is 0 Å². The third kappa shape index (κ3) is 3.01. The highest BCUT2D eigenvalue weighted by Gasteiger charge is 2.25. The lowest BCUT2D eigenvalue weighted by Crippen LogP contribution is -2.43. The van der Waals surface area contributed by atoms with E-state index in [1.165, 1.54) is 0 Å². The number of H-pyrrole nitrogens is 1. The molecule has 0 bridgehead atoms. The van der Waals surface area contributed by atoms with Gasteiger partial charge in [0.1, 0.15) is 0 Å². The van der Waals surface area contributed by atoms with E-state index >= 15 is 0 Å². The van der Waals surface area contributed by atoms with E-state index in [-0.39, 0.29) is 12.2 Å². The number of aliphatic hydroxyl groups excluding tert-OH is 1. The summed E-state index contributed by atoms with van der Waals surface area (Å²) in [7, 11) is 0. The Balaban J connectivity index is 1.86. The lowest BCUT2D eigenvalue weighted by atomic mass is 9.93. The van der Waals surface area contributed by atoms with E-state index in [2.05, 4.69) is 16.8 Å². The summed E-state index contributed by atoms with van der Waals surface area (Å²) in [6, 6.07) is 10.3. The number of rotatable bonds is 3. The molecule has 21 heavy (non-hydrogen) atoms. The molecule has 0 saturated carbocycles. The van der Waals surface area contributed by atoms with Crippen molar-refractivity contribution in [1.29, 1.82) is 0 Å². The zero-order chi connectivity index (χ0) is 14.8. The van der Waals surface area contributed by atoms with E-state index in [1.54, 1.807) is 0 Å². The Labute approximate surface area is 124 Å². The van der Waals surface area contributed by atoms with Crippen LogP contribution in [0, 0.1) is 5.92 Å². The van der Waals surface area contributed by atoms with Crippen LogP contribution in [0.15, 0.2) is 35.1 Å². The Morgan fingerprint density at radius 3 is 2.95 bits per heavy atom. The number of piperidine rings is 1. The van der Waals surface area contributed by atoms with Gasteiger partial charge in [-0.05, 0) is 43.2 Å². The maximum atomic E-state index is 12.2. The van der Waals surface area contributed by atoms with Gasteiger partial charge in [-0.3, -0.25) is 9.69 Å². The van der Waals surface area contributed by atoms with Gasteiger partial charge in [0.2, 0.25) is 0 Å². The standard InChI is InChI=1S/C17H22N2O2/c1-12-6-7-13(11-20)9-19(12)10-15-8-14-4-2-3-5-16(14)18-17(15)21/h2-5,8,12-13,20H,6-7,9-11H2,1H3,(H,18,21). The highest BCUT2D eigenvalue weighted by molar-refractivity contribution is 5.78. The van der Waals surface area contributed by atoms with Crippen molar-refractivity contribution in [2.24, 2.45) is 5.92 Å². The van der Waals surface area contributed by atoms with Gasteiger partial charge < -0.3 is 10.1 Å². The van der Waals surface area contributed by atoms with Crippen molar-refractivity contribution < 1.29 is 5.11 Å². The maximum Gasteiger partial charge on any atom is 0.252 e. The van der Waals surface area contributed by atoms with Gasteiger partial charge in [0.25, 0.3) is 5.56 Å². The highest BCUT2D eigenvalue weighted by atomic mass is 16.3. The van der Waals surface area contributed by atoms with Crippen molar-refractivity contribution in [3.8, 4) is 0 Å². The molecule has 2 N–H and O–H groups in total. The van der Waals surface area contributed by atoms with Gasteiger partial charge in [0.05, 0.1) is 0 Å². The quantitative estimate of drug-likeness (QED) is 0.908. The monoisotopic (exact) mass is 286 g/mol. The number of fused-ring (bicyclic) bond motifs is 1. The molecule has 112 valence electrons. The molecule has 3 rings (SSSR count). The SMILES string of the molecule is CC1CCC(CO)CN1Cc1cc2ccccc2[nH]c1=O. The minimum Gasteiger partial charge on any atom is -0.396 e. The van der Waals surface area contributed by atoms with E-state index in [4.69, 9.17) is 0 Å². The first-order chi connectivity index (χ1) is 10.2. The molecule has 2 aromatic rings. The molecule has 1 aromatic carbocycles. The minimum atomic E-state index is -0.00739. The number of aliphatic hydroxyl groups is 1. The van der Waals surface area contributed by atoms with Crippen LogP contribution in [0.5, 0.6) is 0 Å². The van der Waals surface area contributed by atoms with Crippen LogP contribution in [-0.2, 0) is 6.54 Å². The number of pyridine rings is 1. The molecule has 0 amide bonds. The Morgan fingerprint density at radius 1 is 1.33 bits per heavy atom. The molecule has 2 heterocycles. The van der Waals surface area contributed by atoms with Gasteiger partial charge in [-0.25, -0.2) is 0 Å². The summed E-state index contributed by atoms with van der Waals surface area (Å²) in [4.78, 5) is 17.5. The fourth-order valence-electron chi connectivity index (χ4n) is 3.16. The average molecular weight is 286 g/mol. The Hall–Kier alpha value is -1.65. The number of hydrogen-bond donors (Lipinski definition) is 2. The van der Waals surface area contributed by atoms with Gasteiger partial charge in [0, 0.05) is 36.8 Å². The molecule has 1 fully saturated rings. The molecule has 1 aliphatic rings. The summed E-state index contributed by atoms with van der Waals surface area (Å²) in [5.74, 6) is 0.334. The summed E-state index contributed by atoms with van der Waals surface area (Å²) in [5, 5.41) is 10.4. The van der Waals surface area contributed by atoms with Crippen LogP contribution in [0.1, 0.15) is 25.3 Å². The first-order valence-electron chi connectivity index (χ1n) is 7.63. The largest absolute Gasteiger partial charge is 0.396 e. The molecule has 2 atom stereocenters. The highest BCUT2D eigenvalue weighted by Crippen LogP contribution is 2.23. The first kappa shape index (κ1) is 14.3. The number of para-hydroxylation sites is 1. The number of aromatic amines is 1. The fourth-order valence-corrected chi connectivity index (χ4v) is 3.16. The van der Waals surface area contributed by atoms with Crippen LogP contribution < -0.4 is 5.56 Å². The molecule has 1 saturated heterocycles. The van der Waals surface area contributed by atoms with E-state index in [9.17, 15) is 9.90 Å². The topological polar surface area (TPSA) is 56.3 Å². The van der Waals surface area contributed by atoms with E-state index in [1.807, 2.05) is 30.3 Å². The molecule has 0 radical (unpaired) electrons. The number of aromatic nitrogens is 1. The predicted molar refractivity (Wildman–Crippen MR) is 84.3 cm³/mol. The zero-order valence-corrected chi connectivity index (χ0v) is 12.4. The van der Waals surface area contributed by atoms with Crippen LogP contribution in [0.4, 0.5) is 0 Å². The molecular formula is C17H22N2O2. The van der Waals surface area contributed by atoms with E-state index in [0.717, 1.165) is 35.9 Å². The summed E-state index contributed by atoms with van der Waals surface area (Å²) < 4.78 is 0. The van der Waals surface area contributed by atoms with Crippen molar-refractivity contribution in [3.63, 3.8) is 0 Å². The Bertz CT molecular complexity index is 680. The number of benzene rings is 1. The summed E-state index contributed by atoms with van der Waals surface area (Å²) >= 11 is 0. The third-order valence-electron chi connectivity index (χ3n) is 4.57. The van der Waals surface area contributed by atoms with Crippen LogP contribution in [0.3, 0.4) is 0 Å². The van der Waals surface area contributed by atoms with Gasteiger partial charge in [0.15, 0.2) is 0 Å². The first-order valence-corrected chi connectivity index (χ1v) is 7.63. The Kier molecular flexibility index (Phi) is 4.08. The molecule has 1 aromatic heterocycles. The zero-order valence-electron chi connectivity index (χ0n) is 12.4. The van der Waals surface area contributed by atoms with E-state index < -0.39 is 0 Å². The number of nitrogens with zero attached hydrogens (tertiary/aromatic N) is 1. The van der Waals surface area contributed by atoms with Crippen molar-refractivity contribution in [2.45, 2.75) is 32.4 Å². The second kappa shape index (κ2) is 6.00. The molecule has 1 aliphatic heterocycles. The number of nitrogens with one attached hydrogen (secondary N) is 1. The molecular weight excluding hydrogens is 264 g/mol. The summed E-state index contributed by atoms with van der Waals surface area (Å²) in [5.41, 5.74) is 1.68. The van der Waals surface area contributed by atoms with Crippen LogP contribution >= 0.6 is 0 Å². The number of hydrogen-bond acceptors (Lipinski definition) is 3. The predicted octanol–water partition coefficient (Wildman–Crippen LogP) is 2.12. The molecule has 0 aliphatic carbocycles. The van der Waals surface area contributed by atoms with Crippen LogP contribution in [0.25, 0.3) is 10.9 Å². The van der Waals surface area contributed by atoms with Crippen LogP contribution in [-0.4, -0.2) is 34.2 Å². The van der Waals surface area contributed by atoms with Crippen molar-refractivity contribution >= 4 is 10.9 Å². The summed E-state index contributed by atoms with van der Waals surface area (Å²) in [6.07, 6.45) is 2.15. The molecule has 4 heteroatoms. The van der Waals surface area contributed by atoms with Gasteiger partial charge in [-0.2, -0.15) is 0 Å². The van der Waals surface area contributed by atoms with E-state index in [0.29, 0.717) is 18.5 Å². The third-order valence-corrected chi connectivity index (χ3v) is 4.57. The normalized spacial score (nSPS) is 23.5. The maximum absolute atomic E-state index is 12.2. The number of likely N-dealkylation sites (tertiary alicyclic amines) is 1. The van der Waals surface area contributed by atoms with Crippen molar-refractivity contribution in [1.82, 2.24) is 9.88 Å². The molecule has 2 unspecified atom stereocenters. The fraction of sp³-hybridized carbons (Fsp3) is 0.471. The summed E-state index contributed by atoms with van der Waals surface area (Å²) in [6.45, 7) is 3.95. The van der Waals surface area contributed by atoms with Gasteiger partial charge >= 0.3 is 0 Å². The smallest absolute Gasteiger partial charge is 0.252 e.